The third-order valence-electron chi connectivity index (χ3n) is 3.98. The average molecular weight is 454 g/mol. The zero-order chi connectivity index (χ0) is 16.6. The Kier molecular flexibility index (Phi) is 4.90. The number of nitrogens with zero attached hydrogens (tertiary/aromatic N) is 2. The van der Waals surface area contributed by atoms with Gasteiger partial charge in [-0.1, -0.05) is 22.9 Å². The van der Waals surface area contributed by atoms with Gasteiger partial charge in [0.15, 0.2) is 0 Å². The Morgan fingerprint density at radius 2 is 2.22 bits per heavy atom. The number of benzene rings is 1. The summed E-state index contributed by atoms with van der Waals surface area (Å²) in [5.74, 6) is 0.806. The molecule has 1 aromatic heterocycles. The Morgan fingerprint density at radius 3 is 2.96 bits per heavy atom. The van der Waals surface area contributed by atoms with Crippen LogP contribution in [0.2, 0.25) is 0 Å². The molecule has 0 saturated heterocycles. The minimum atomic E-state index is 0.144. The second kappa shape index (κ2) is 6.76. The van der Waals surface area contributed by atoms with Gasteiger partial charge in [-0.25, -0.2) is 4.99 Å². The molecule has 0 unspecified atom stereocenters. The zero-order valence-electron chi connectivity index (χ0n) is 12.4. The molecule has 0 bridgehead atoms. The highest BCUT2D eigenvalue weighted by atomic mass is 79.9. The van der Waals surface area contributed by atoms with E-state index < -0.39 is 0 Å². The molecule has 3 nitrogen and oxygen atoms in total. The van der Waals surface area contributed by atoms with E-state index >= 15 is 0 Å². The van der Waals surface area contributed by atoms with Crippen molar-refractivity contribution in [1.29, 1.82) is 5.26 Å². The van der Waals surface area contributed by atoms with Gasteiger partial charge in [-0.05, 0) is 58.8 Å². The van der Waals surface area contributed by atoms with Gasteiger partial charge >= 0.3 is 0 Å². The summed E-state index contributed by atoms with van der Waals surface area (Å²) in [7, 11) is 0. The predicted octanol–water partition coefficient (Wildman–Crippen LogP) is 5.73. The summed E-state index contributed by atoms with van der Waals surface area (Å²) < 4.78 is 1.46. The van der Waals surface area contributed by atoms with Crippen LogP contribution in [0.4, 0.5) is 5.00 Å². The summed E-state index contributed by atoms with van der Waals surface area (Å²) in [6.07, 6.45) is 4.73. The lowest BCUT2D eigenvalue weighted by molar-refractivity contribution is 0.471. The lowest BCUT2D eigenvalue weighted by Gasteiger charge is -2.17. The van der Waals surface area contributed by atoms with Crippen LogP contribution in [0.1, 0.15) is 34.9 Å². The van der Waals surface area contributed by atoms with Crippen molar-refractivity contribution < 1.29 is 5.11 Å². The number of fused-ring (bicyclic) bond motifs is 1. The molecule has 0 amide bonds. The monoisotopic (exact) mass is 452 g/mol. The highest BCUT2D eigenvalue weighted by Gasteiger charge is 2.23. The van der Waals surface area contributed by atoms with Gasteiger partial charge in [-0.15, -0.1) is 11.3 Å². The topological polar surface area (TPSA) is 56.4 Å². The molecule has 0 saturated carbocycles. The van der Waals surface area contributed by atoms with Gasteiger partial charge in [-0.2, -0.15) is 5.26 Å². The number of thiophene rings is 1. The molecular formula is C17H14Br2N2OS. The number of hydrogen-bond acceptors (Lipinski definition) is 4. The third-order valence-corrected chi connectivity index (χ3v) is 6.21. The van der Waals surface area contributed by atoms with Gasteiger partial charge in [0.1, 0.15) is 16.8 Å². The van der Waals surface area contributed by atoms with Gasteiger partial charge in [-0.3, -0.25) is 0 Å². The summed E-state index contributed by atoms with van der Waals surface area (Å²) in [6.45, 7) is 2.24. The SMILES string of the molecule is C[C@H]1CCc2c(sc(N=Cc3cc(Br)cc(Br)c3O)c2C#N)C1. The van der Waals surface area contributed by atoms with Crippen LogP contribution in [0, 0.1) is 17.2 Å². The molecule has 0 radical (unpaired) electrons. The molecule has 1 N–H and O–H groups in total. The molecule has 2 aromatic rings. The quantitative estimate of drug-likeness (QED) is 0.590. The second-order valence-electron chi connectivity index (χ2n) is 5.73. The summed E-state index contributed by atoms with van der Waals surface area (Å²) >= 11 is 8.31. The minimum absolute atomic E-state index is 0.144. The standard InChI is InChI=1S/C17H14Br2N2OS/c1-9-2-3-12-13(7-20)17(23-15(12)4-9)21-8-10-5-11(18)6-14(19)16(10)22/h5-6,8-9,22H,2-4H2,1H3/t9-/m0/s1. The highest BCUT2D eigenvalue weighted by molar-refractivity contribution is 9.11. The van der Waals surface area contributed by atoms with Gasteiger partial charge in [0.05, 0.1) is 10.0 Å². The first kappa shape index (κ1) is 16.7. The first-order valence-electron chi connectivity index (χ1n) is 7.26. The van der Waals surface area contributed by atoms with E-state index in [1.54, 1.807) is 29.7 Å². The first-order valence-corrected chi connectivity index (χ1v) is 9.66. The van der Waals surface area contributed by atoms with Crippen molar-refractivity contribution in [2.75, 3.05) is 0 Å². The summed E-state index contributed by atoms with van der Waals surface area (Å²) in [6, 6.07) is 5.88. The molecule has 23 heavy (non-hydrogen) atoms. The van der Waals surface area contributed by atoms with E-state index in [0.29, 0.717) is 21.5 Å². The van der Waals surface area contributed by atoms with Crippen molar-refractivity contribution in [1.82, 2.24) is 0 Å². The van der Waals surface area contributed by atoms with Crippen molar-refractivity contribution in [3.8, 4) is 11.8 Å². The summed E-state index contributed by atoms with van der Waals surface area (Å²) in [5.41, 5.74) is 2.47. The minimum Gasteiger partial charge on any atom is -0.506 e. The van der Waals surface area contributed by atoms with E-state index in [4.69, 9.17) is 0 Å². The first-order chi connectivity index (χ1) is 11.0. The molecule has 0 fully saturated rings. The predicted molar refractivity (Wildman–Crippen MR) is 101 cm³/mol. The Balaban J connectivity index is 2.00. The average Bonchev–Trinajstić information content (AvgIpc) is 2.85. The Labute approximate surface area is 155 Å². The van der Waals surface area contributed by atoms with Crippen molar-refractivity contribution in [2.24, 2.45) is 10.9 Å². The van der Waals surface area contributed by atoms with Crippen LogP contribution in [-0.2, 0) is 12.8 Å². The fourth-order valence-electron chi connectivity index (χ4n) is 2.76. The van der Waals surface area contributed by atoms with Crippen molar-refractivity contribution in [3.05, 3.63) is 42.6 Å². The van der Waals surface area contributed by atoms with E-state index in [2.05, 4.69) is 49.8 Å². The van der Waals surface area contributed by atoms with Crippen LogP contribution in [0.5, 0.6) is 5.75 Å². The van der Waals surface area contributed by atoms with E-state index in [-0.39, 0.29) is 5.75 Å². The van der Waals surface area contributed by atoms with Crippen LogP contribution < -0.4 is 0 Å². The van der Waals surface area contributed by atoms with Crippen LogP contribution in [0.15, 0.2) is 26.1 Å². The van der Waals surface area contributed by atoms with Crippen LogP contribution >= 0.6 is 43.2 Å². The molecule has 1 heterocycles. The molecule has 1 aliphatic carbocycles. The molecule has 0 spiro atoms. The third kappa shape index (κ3) is 3.37. The van der Waals surface area contributed by atoms with E-state index in [0.717, 1.165) is 28.7 Å². The number of hydrogen-bond donors (Lipinski definition) is 1. The van der Waals surface area contributed by atoms with Crippen LogP contribution in [0.3, 0.4) is 0 Å². The van der Waals surface area contributed by atoms with Crippen molar-refractivity contribution in [2.45, 2.75) is 26.2 Å². The lowest BCUT2D eigenvalue weighted by atomic mass is 9.89. The van der Waals surface area contributed by atoms with Crippen LogP contribution in [-0.4, -0.2) is 11.3 Å². The number of aliphatic imine (C=N–C) groups is 1. The fraction of sp³-hybridized carbons (Fsp3) is 0.294. The molecule has 118 valence electrons. The van der Waals surface area contributed by atoms with Gasteiger partial charge in [0.2, 0.25) is 0 Å². The largest absolute Gasteiger partial charge is 0.506 e. The molecular weight excluding hydrogens is 440 g/mol. The maximum Gasteiger partial charge on any atom is 0.138 e. The summed E-state index contributed by atoms with van der Waals surface area (Å²) in [5, 5.41) is 20.3. The number of rotatable bonds is 2. The number of aromatic hydroxyl groups is 1. The number of halogens is 2. The molecule has 1 aliphatic rings. The Bertz CT molecular complexity index is 836. The van der Waals surface area contributed by atoms with E-state index in [9.17, 15) is 10.4 Å². The van der Waals surface area contributed by atoms with Crippen molar-refractivity contribution >= 4 is 54.4 Å². The van der Waals surface area contributed by atoms with Crippen LogP contribution in [0.25, 0.3) is 0 Å². The lowest BCUT2D eigenvalue weighted by Crippen LogP contribution is -2.09. The number of phenols is 1. The zero-order valence-corrected chi connectivity index (χ0v) is 16.4. The van der Waals surface area contributed by atoms with E-state index in [1.807, 2.05) is 0 Å². The molecule has 1 aromatic carbocycles. The maximum atomic E-state index is 10.1. The van der Waals surface area contributed by atoms with Gasteiger partial charge in [0, 0.05) is 21.1 Å². The molecule has 1 atom stereocenters. The smallest absolute Gasteiger partial charge is 0.138 e. The normalized spacial score (nSPS) is 17.2. The van der Waals surface area contributed by atoms with E-state index in [1.165, 1.54) is 10.4 Å². The molecule has 3 rings (SSSR count). The Hall–Kier alpha value is -1.16. The number of phenolic OH excluding ortho intramolecular Hbond substituents is 1. The highest BCUT2D eigenvalue weighted by Crippen LogP contribution is 2.41. The summed E-state index contributed by atoms with van der Waals surface area (Å²) in [4.78, 5) is 5.77. The van der Waals surface area contributed by atoms with Gasteiger partial charge < -0.3 is 5.11 Å². The number of nitriles is 1. The Morgan fingerprint density at radius 1 is 1.43 bits per heavy atom. The maximum absolute atomic E-state index is 10.1. The fourth-order valence-corrected chi connectivity index (χ4v) is 5.32. The molecule has 0 aliphatic heterocycles. The van der Waals surface area contributed by atoms with Crippen molar-refractivity contribution in [3.63, 3.8) is 0 Å². The van der Waals surface area contributed by atoms with Gasteiger partial charge in [0.25, 0.3) is 0 Å². The molecule has 6 heteroatoms. The second-order valence-corrected chi connectivity index (χ2v) is 8.58.